The summed E-state index contributed by atoms with van der Waals surface area (Å²) in [5.41, 5.74) is 0. The summed E-state index contributed by atoms with van der Waals surface area (Å²) in [6, 6.07) is 3.41. The Bertz CT molecular complexity index is 327. The van der Waals surface area contributed by atoms with Crippen LogP contribution < -0.4 is 5.32 Å². The number of nitrogens with one attached hydrogen (secondary N) is 1. The van der Waals surface area contributed by atoms with E-state index in [1.165, 1.54) is 31.9 Å². The molecule has 17 heavy (non-hydrogen) atoms. The van der Waals surface area contributed by atoms with Gasteiger partial charge in [0.05, 0.1) is 6.26 Å². The van der Waals surface area contributed by atoms with Crippen molar-refractivity contribution in [3.05, 3.63) is 24.2 Å². The lowest BCUT2D eigenvalue weighted by Crippen LogP contribution is -2.35. The molecule has 2 heterocycles. The number of likely N-dealkylation sites (tertiary alicyclic amines) is 1. The van der Waals surface area contributed by atoms with Crippen molar-refractivity contribution in [1.82, 2.24) is 10.2 Å². The molecule has 0 spiro atoms. The Hall–Kier alpha value is -1.29. The molecule has 1 aromatic heterocycles. The van der Waals surface area contributed by atoms with Crippen molar-refractivity contribution in [2.24, 2.45) is 0 Å². The molecule has 1 aromatic rings. The van der Waals surface area contributed by atoms with Crippen LogP contribution in [0.25, 0.3) is 0 Å². The largest absolute Gasteiger partial charge is 0.459 e. The average molecular weight is 236 g/mol. The smallest absolute Gasteiger partial charge is 0.287 e. The van der Waals surface area contributed by atoms with Crippen LogP contribution in [0.15, 0.2) is 22.8 Å². The third kappa shape index (κ3) is 3.89. The molecule has 0 radical (unpaired) electrons. The summed E-state index contributed by atoms with van der Waals surface area (Å²) in [6.45, 7) is 3.96. The Morgan fingerprint density at radius 3 is 2.71 bits per heavy atom. The minimum Gasteiger partial charge on any atom is -0.459 e. The highest BCUT2D eigenvalue weighted by atomic mass is 16.3. The van der Waals surface area contributed by atoms with E-state index in [1.54, 1.807) is 12.1 Å². The van der Waals surface area contributed by atoms with Crippen molar-refractivity contribution in [3.63, 3.8) is 0 Å². The molecule has 0 unspecified atom stereocenters. The SMILES string of the molecule is O=C(NCCN1CCCCCC1)c1ccco1. The van der Waals surface area contributed by atoms with Crippen molar-refractivity contribution in [2.75, 3.05) is 26.2 Å². The van der Waals surface area contributed by atoms with Gasteiger partial charge in [-0.2, -0.15) is 0 Å². The molecule has 1 saturated heterocycles. The van der Waals surface area contributed by atoms with Crippen molar-refractivity contribution in [2.45, 2.75) is 25.7 Å². The van der Waals surface area contributed by atoms with Gasteiger partial charge in [-0.05, 0) is 38.1 Å². The second-order valence-corrected chi connectivity index (χ2v) is 4.49. The molecule has 1 aliphatic rings. The monoisotopic (exact) mass is 236 g/mol. The summed E-state index contributed by atoms with van der Waals surface area (Å²) in [7, 11) is 0. The maximum Gasteiger partial charge on any atom is 0.287 e. The first kappa shape index (κ1) is 12.2. The van der Waals surface area contributed by atoms with E-state index in [2.05, 4.69) is 10.2 Å². The van der Waals surface area contributed by atoms with Crippen LogP contribution in [0.1, 0.15) is 36.2 Å². The average Bonchev–Trinajstić information content (AvgIpc) is 2.75. The van der Waals surface area contributed by atoms with Crippen molar-refractivity contribution in [1.29, 1.82) is 0 Å². The second-order valence-electron chi connectivity index (χ2n) is 4.49. The molecule has 0 aliphatic carbocycles. The third-order valence-corrected chi connectivity index (χ3v) is 3.16. The van der Waals surface area contributed by atoms with Crippen LogP contribution in [-0.2, 0) is 0 Å². The van der Waals surface area contributed by atoms with Crippen molar-refractivity contribution in [3.8, 4) is 0 Å². The summed E-state index contributed by atoms with van der Waals surface area (Å²) in [5, 5.41) is 2.88. The highest BCUT2D eigenvalue weighted by molar-refractivity contribution is 5.91. The van der Waals surface area contributed by atoms with E-state index in [9.17, 15) is 4.79 Å². The molecule has 1 amide bonds. The molecular weight excluding hydrogens is 216 g/mol. The van der Waals surface area contributed by atoms with Crippen molar-refractivity contribution < 1.29 is 9.21 Å². The van der Waals surface area contributed by atoms with E-state index >= 15 is 0 Å². The normalized spacial score (nSPS) is 17.6. The molecule has 0 bridgehead atoms. The molecule has 0 aromatic carbocycles. The van der Waals surface area contributed by atoms with Gasteiger partial charge in [-0.1, -0.05) is 12.8 Å². The van der Waals surface area contributed by atoms with Gasteiger partial charge in [0.25, 0.3) is 5.91 Å². The lowest BCUT2D eigenvalue weighted by atomic mass is 10.2. The summed E-state index contributed by atoms with van der Waals surface area (Å²) in [6.07, 6.45) is 6.77. The Morgan fingerprint density at radius 2 is 2.06 bits per heavy atom. The fraction of sp³-hybridized carbons (Fsp3) is 0.615. The summed E-state index contributed by atoms with van der Waals surface area (Å²) in [5.74, 6) is 0.269. The lowest BCUT2D eigenvalue weighted by Gasteiger charge is -2.19. The molecular formula is C13H20N2O2. The van der Waals surface area contributed by atoms with Crippen LogP contribution in [0.4, 0.5) is 0 Å². The van der Waals surface area contributed by atoms with Crippen LogP contribution in [0.2, 0.25) is 0 Å². The Morgan fingerprint density at radius 1 is 1.29 bits per heavy atom. The van der Waals surface area contributed by atoms with E-state index in [1.807, 2.05) is 0 Å². The van der Waals surface area contributed by atoms with Gasteiger partial charge in [0, 0.05) is 13.1 Å². The molecule has 0 saturated carbocycles. The van der Waals surface area contributed by atoms with Crippen LogP contribution in [-0.4, -0.2) is 37.0 Å². The molecule has 4 heteroatoms. The van der Waals surface area contributed by atoms with E-state index in [0.717, 1.165) is 19.6 Å². The van der Waals surface area contributed by atoms with E-state index in [4.69, 9.17) is 4.42 Å². The molecule has 2 rings (SSSR count). The van der Waals surface area contributed by atoms with E-state index in [-0.39, 0.29) is 5.91 Å². The fourth-order valence-corrected chi connectivity index (χ4v) is 2.18. The van der Waals surface area contributed by atoms with E-state index in [0.29, 0.717) is 12.3 Å². The first-order chi connectivity index (χ1) is 8.36. The van der Waals surface area contributed by atoms with Crippen LogP contribution in [0.5, 0.6) is 0 Å². The number of hydrogen-bond acceptors (Lipinski definition) is 3. The minimum atomic E-state index is -0.121. The summed E-state index contributed by atoms with van der Waals surface area (Å²) in [4.78, 5) is 14.0. The highest BCUT2D eigenvalue weighted by Gasteiger charge is 2.10. The number of nitrogens with zero attached hydrogens (tertiary/aromatic N) is 1. The minimum absolute atomic E-state index is 0.121. The van der Waals surface area contributed by atoms with Gasteiger partial charge in [0.15, 0.2) is 5.76 Å². The third-order valence-electron chi connectivity index (χ3n) is 3.16. The molecule has 4 nitrogen and oxygen atoms in total. The van der Waals surface area contributed by atoms with Crippen LogP contribution >= 0.6 is 0 Å². The maximum absolute atomic E-state index is 11.6. The number of carbonyl (C=O) groups excluding carboxylic acids is 1. The zero-order valence-corrected chi connectivity index (χ0v) is 10.2. The Balaban J connectivity index is 1.66. The number of hydrogen-bond donors (Lipinski definition) is 1. The Labute approximate surface area is 102 Å². The number of furan rings is 1. The zero-order valence-electron chi connectivity index (χ0n) is 10.2. The van der Waals surface area contributed by atoms with Crippen LogP contribution in [0.3, 0.4) is 0 Å². The second kappa shape index (κ2) is 6.45. The Kier molecular flexibility index (Phi) is 4.62. The molecule has 94 valence electrons. The maximum atomic E-state index is 11.6. The highest BCUT2D eigenvalue weighted by Crippen LogP contribution is 2.08. The molecule has 1 fully saturated rings. The quantitative estimate of drug-likeness (QED) is 0.868. The first-order valence-electron chi connectivity index (χ1n) is 6.40. The molecule has 1 N–H and O–H groups in total. The van der Waals surface area contributed by atoms with Crippen LogP contribution in [0, 0.1) is 0 Å². The molecule has 0 atom stereocenters. The topological polar surface area (TPSA) is 45.5 Å². The van der Waals surface area contributed by atoms with Gasteiger partial charge >= 0.3 is 0 Å². The number of carbonyl (C=O) groups is 1. The van der Waals surface area contributed by atoms with E-state index < -0.39 is 0 Å². The summed E-state index contributed by atoms with van der Waals surface area (Å²) >= 11 is 0. The van der Waals surface area contributed by atoms with Gasteiger partial charge in [0.2, 0.25) is 0 Å². The van der Waals surface area contributed by atoms with Gasteiger partial charge < -0.3 is 14.6 Å². The number of amides is 1. The van der Waals surface area contributed by atoms with Crippen molar-refractivity contribution >= 4 is 5.91 Å². The fourth-order valence-electron chi connectivity index (χ4n) is 2.18. The van der Waals surface area contributed by atoms with Gasteiger partial charge in [-0.15, -0.1) is 0 Å². The van der Waals surface area contributed by atoms with Gasteiger partial charge in [-0.25, -0.2) is 0 Å². The summed E-state index contributed by atoms with van der Waals surface area (Å²) < 4.78 is 5.03. The predicted molar refractivity (Wildman–Crippen MR) is 65.9 cm³/mol. The lowest BCUT2D eigenvalue weighted by molar-refractivity contribution is 0.0921. The first-order valence-corrected chi connectivity index (χ1v) is 6.40. The van der Waals surface area contributed by atoms with Gasteiger partial charge in [0.1, 0.15) is 0 Å². The number of rotatable bonds is 4. The van der Waals surface area contributed by atoms with Gasteiger partial charge in [-0.3, -0.25) is 4.79 Å². The standard InChI is InChI=1S/C13H20N2O2/c16-13(12-6-5-11-17-12)14-7-10-15-8-3-1-2-4-9-15/h5-6,11H,1-4,7-10H2,(H,14,16). The predicted octanol–water partition coefficient (Wildman–Crippen LogP) is 1.89. The molecule has 1 aliphatic heterocycles. The zero-order chi connectivity index (χ0) is 11.9.